The van der Waals surface area contributed by atoms with Gasteiger partial charge in [0.05, 0.1) is 6.54 Å². The van der Waals surface area contributed by atoms with E-state index in [9.17, 15) is 4.79 Å². The van der Waals surface area contributed by atoms with Crippen LogP contribution in [0.1, 0.15) is 33.1 Å². The standard InChI is InChI=1S/C14H23NO/c1-5-7-13(16)10-15(4)14(6-2)11(3)12-8-9-12/h5,7,12,14H,3,6,8-10H2,1-2,4H3/t14-/m1/s1. The zero-order chi connectivity index (χ0) is 12.1. The summed E-state index contributed by atoms with van der Waals surface area (Å²) in [6.45, 7) is 8.72. The van der Waals surface area contributed by atoms with Crippen LogP contribution < -0.4 is 0 Å². The van der Waals surface area contributed by atoms with Crippen LogP contribution >= 0.6 is 0 Å². The lowest BCUT2D eigenvalue weighted by molar-refractivity contribution is -0.115. The van der Waals surface area contributed by atoms with Gasteiger partial charge in [-0.05, 0) is 45.2 Å². The summed E-state index contributed by atoms with van der Waals surface area (Å²) in [7, 11) is 2.02. The maximum Gasteiger partial charge on any atom is 0.169 e. The zero-order valence-electron chi connectivity index (χ0n) is 10.7. The second kappa shape index (κ2) is 6.00. The first-order chi connectivity index (χ1) is 7.60. The van der Waals surface area contributed by atoms with E-state index < -0.39 is 0 Å². The van der Waals surface area contributed by atoms with Crippen molar-refractivity contribution in [3.8, 4) is 0 Å². The van der Waals surface area contributed by atoms with E-state index in [1.165, 1.54) is 18.4 Å². The zero-order valence-corrected chi connectivity index (χ0v) is 10.7. The Labute approximate surface area is 99.0 Å². The molecule has 0 spiro atoms. The number of allylic oxidation sites excluding steroid dienone is 1. The van der Waals surface area contributed by atoms with E-state index in [1.807, 2.05) is 14.0 Å². The molecule has 1 aliphatic rings. The highest BCUT2D eigenvalue weighted by Gasteiger charge is 2.30. The van der Waals surface area contributed by atoms with Crippen LogP contribution in [0.4, 0.5) is 0 Å². The van der Waals surface area contributed by atoms with Crippen molar-refractivity contribution in [3.63, 3.8) is 0 Å². The molecule has 16 heavy (non-hydrogen) atoms. The summed E-state index contributed by atoms with van der Waals surface area (Å²) < 4.78 is 0. The minimum atomic E-state index is 0.173. The monoisotopic (exact) mass is 221 g/mol. The van der Waals surface area contributed by atoms with Crippen molar-refractivity contribution in [2.24, 2.45) is 5.92 Å². The molecule has 0 bridgehead atoms. The van der Waals surface area contributed by atoms with Crippen molar-refractivity contribution >= 4 is 5.78 Å². The number of hydrogen-bond donors (Lipinski definition) is 0. The van der Waals surface area contributed by atoms with Gasteiger partial charge in [-0.25, -0.2) is 0 Å². The molecule has 90 valence electrons. The Morgan fingerprint density at radius 1 is 1.56 bits per heavy atom. The average Bonchev–Trinajstić information content (AvgIpc) is 3.01. The molecule has 1 saturated carbocycles. The Morgan fingerprint density at radius 2 is 2.19 bits per heavy atom. The Bertz CT molecular complexity index is 289. The van der Waals surface area contributed by atoms with Gasteiger partial charge in [0, 0.05) is 6.04 Å². The number of ketones is 1. The van der Waals surface area contributed by atoms with Gasteiger partial charge in [-0.1, -0.05) is 25.2 Å². The Morgan fingerprint density at radius 3 is 2.62 bits per heavy atom. The highest BCUT2D eigenvalue weighted by atomic mass is 16.1. The summed E-state index contributed by atoms with van der Waals surface area (Å²) >= 11 is 0. The average molecular weight is 221 g/mol. The molecule has 1 aliphatic carbocycles. The predicted octanol–water partition coefficient (Wildman–Crippen LogP) is 2.81. The van der Waals surface area contributed by atoms with Crippen LogP contribution in [0.15, 0.2) is 24.3 Å². The van der Waals surface area contributed by atoms with E-state index in [1.54, 1.807) is 12.2 Å². The largest absolute Gasteiger partial charge is 0.293 e. The van der Waals surface area contributed by atoms with Crippen molar-refractivity contribution in [1.82, 2.24) is 4.90 Å². The topological polar surface area (TPSA) is 20.3 Å². The fourth-order valence-electron chi connectivity index (χ4n) is 2.18. The van der Waals surface area contributed by atoms with Crippen molar-refractivity contribution < 1.29 is 4.79 Å². The second-order valence-corrected chi connectivity index (χ2v) is 4.65. The first-order valence-corrected chi connectivity index (χ1v) is 6.14. The molecule has 1 rings (SSSR count). The molecule has 1 atom stereocenters. The van der Waals surface area contributed by atoms with Gasteiger partial charge in [-0.15, -0.1) is 0 Å². The molecular weight excluding hydrogens is 198 g/mol. The molecule has 0 saturated heterocycles. The fourth-order valence-corrected chi connectivity index (χ4v) is 2.18. The smallest absolute Gasteiger partial charge is 0.169 e. The van der Waals surface area contributed by atoms with Gasteiger partial charge >= 0.3 is 0 Å². The van der Waals surface area contributed by atoms with Crippen molar-refractivity contribution in [2.45, 2.75) is 39.2 Å². The first-order valence-electron chi connectivity index (χ1n) is 6.14. The Hall–Kier alpha value is -0.890. The summed E-state index contributed by atoms with van der Waals surface area (Å²) in [5.41, 5.74) is 1.32. The first kappa shape index (κ1) is 13.2. The maximum atomic E-state index is 11.5. The third-order valence-corrected chi connectivity index (χ3v) is 3.21. The van der Waals surface area contributed by atoms with E-state index in [2.05, 4.69) is 18.4 Å². The molecule has 2 heteroatoms. The molecule has 0 heterocycles. The summed E-state index contributed by atoms with van der Waals surface area (Å²) in [4.78, 5) is 13.7. The summed E-state index contributed by atoms with van der Waals surface area (Å²) in [6, 6.07) is 0.363. The molecule has 0 amide bonds. The number of carbonyl (C=O) groups excluding carboxylic acids is 1. The van der Waals surface area contributed by atoms with Crippen LogP contribution in [0.5, 0.6) is 0 Å². The lowest BCUT2D eigenvalue weighted by atomic mass is 10.0. The molecule has 0 aromatic carbocycles. The van der Waals surface area contributed by atoms with Crippen LogP contribution in [0.25, 0.3) is 0 Å². The highest BCUT2D eigenvalue weighted by molar-refractivity contribution is 5.91. The number of likely N-dealkylation sites (N-methyl/N-ethyl adjacent to an activating group) is 1. The predicted molar refractivity (Wildman–Crippen MR) is 68.4 cm³/mol. The van der Waals surface area contributed by atoms with E-state index in [4.69, 9.17) is 0 Å². The Kier molecular flexibility index (Phi) is 4.94. The fraction of sp³-hybridized carbons (Fsp3) is 0.643. The highest BCUT2D eigenvalue weighted by Crippen LogP contribution is 2.38. The van der Waals surface area contributed by atoms with Crippen molar-refractivity contribution in [1.29, 1.82) is 0 Å². The minimum absolute atomic E-state index is 0.173. The number of hydrogen-bond acceptors (Lipinski definition) is 2. The molecule has 1 fully saturated rings. The molecule has 0 unspecified atom stereocenters. The second-order valence-electron chi connectivity index (χ2n) is 4.65. The van der Waals surface area contributed by atoms with Gasteiger partial charge in [0.2, 0.25) is 0 Å². The molecular formula is C14H23NO. The molecule has 0 N–H and O–H groups in total. The van der Waals surface area contributed by atoms with Crippen molar-refractivity contribution in [2.75, 3.05) is 13.6 Å². The van der Waals surface area contributed by atoms with Gasteiger partial charge in [0.25, 0.3) is 0 Å². The summed E-state index contributed by atoms with van der Waals surface area (Å²) in [5.74, 6) is 0.885. The van der Waals surface area contributed by atoms with Crippen molar-refractivity contribution in [3.05, 3.63) is 24.3 Å². The molecule has 0 aliphatic heterocycles. The number of nitrogens with zero attached hydrogens (tertiary/aromatic N) is 1. The summed E-state index contributed by atoms with van der Waals surface area (Å²) in [5, 5.41) is 0. The molecule has 0 aromatic heterocycles. The van der Waals surface area contributed by atoms with Gasteiger partial charge in [0.1, 0.15) is 0 Å². The third kappa shape index (κ3) is 3.60. The lowest BCUT2D eigenvalue weighted by Gasteiger charge is -2.28. The van der Waals surface area contributed by atoms with Crippen LogP contribution in [0, 0.1) is 5.92 Å². The van der Waals surface area contributed by atoms with Crippen LogP contribution in [0.3, 0.4) is 0 Å². The Balaban J connectivity index is 2.51. The molecule has 2 nitrogen and oxygen atoms in total. The van der Waals surface area contributed by atoms with Crippen LogP contribution in [-0.4, -0.2) is 30.3 Å². The minimum Gasteiger partial charge on any atom is -0.293 e. The van der Waals surface area contributed by atoms with Crippen LogP contribution in [-0.2, 0) is 4.79 Å². The van der Waals surface area contributed by atoms with E-state index in [0.29, 0.717) is 18.5 Å². The lowest BCUT2D eigenvalue weighted by Crippen LogP contribution is -2.36. The molecule has 0 radical (unpaired) electrons. The van der Waals surface area contributed by atoms with Gasteiger partial charge < -0.3 is 0 Å². The van der Waals surface area contributed by atoms with E-state index >= 15 is 0 Å². The van der Waals surface area contributed by atoms with Crippen LogP contribution in [0.2, 0.25) is 0 Å². The maximum absolute atomic E-state index is 11.5. The third-order valence-electron chi connectivity index (χ3n) is 3.21. The van der Waals surface area contributed by atoms with Gasteiger partial charge in [-0.2, -0.15) is 0 Å². The quantitative estimate of drug-likeness (QED) is 0.486. The van der Waals surface area contributed by atoms with Gasteiger partial charge in [-0.3, -0.25) is 9.69 Å². The molecule has 0 aromatic rings. The van der Waals surface area contributed by atoms with E-state index in [-0.39, 0.29) is 5.78 Å². The van der Waals surface area contributed by atoms with E-state index in [0.717, 1.165) is 6.42 Å². The number of carbonyl (C=O) groups is 1. The number of rotatable bonds is 7. The van der Waals surface area contributed by atoms with Gasteiger partial charge in [0.15, 0.2) is 5.78 Å². The normalized spacial score (nSPS) is 18.0. The SMILES string of the molecule is C=C(C1CC1)[C@@H](CC)N(C)CC(=O)C=CC. The summed E-state index contributed by atoms with van der Waals surface area (Å²) in [6.07, 6.45) is 7.04.